The summed E-state index contributed by atoms with van der Waals surface area (Å²) in [5, 5.41) is 16.2. The summed E-state index contributed by atoms with van der Waals surface area (Å²) in [6.07, 6.45) is 8.55. The van der Waals surface area contributed by atoms with Crippen molar-refractivity contribution in [2.45, 2.75) is 155 Å². The Kier molecular flexibility index (Phi) is 26.1. The Morgan fingerprint density at radius 1 is 0.618 bits per heavy atom. The molecule has 1 fully saturated rings. The maximum Gasteiger partial charge on any atom is 0.302 e. The lowest BCUT2D eigenvalue weighted by atomic mass is 9.80. The average molecular weight is 1050 g/mol. The highest BCUT2D eigenvalue weighted by Crippen LogP contribution is 2.42. The number of hydrogen-bond acceptors (Lipinski definition) is 13. The Labute approximate surface area is 450 Å². The van der Waals surface area contributed by atoms with E-state index in [-0.39, 0.29) is 79.8 Å². The standard InChI is InChI=1S/C61H82N2O13/c1-43-44(2)59(62-45(3)65)60(76-57(43)42-74-46(4)66)73-36-35-72-34-18-24-54(68)23-17-16-22-53(67)21-14-9-7-8-10-15-25-58(69)63-52-38-47(40-64)37-48(39-52)41-75-61(49-19-12-11-13-20-49,50-26-30-55(70-5)31-27-50)51-28-32-56(71-6)33-29-51/h11-13,19-20,26-33,37-39,43-44,57,59-60,64H,7-10,14-18,21-25,34-36,40-42H2,1-6H3,(H,62,65)(H,63,69). The molecular weight excluding hydrogens is 969 g/mol. The van der Waals surface area contributed by atoms with E-state index in [9.17, 15) is 29.1 Å². The van der Waals surface area contributed by atoms with E-state index in [0.717, 1.165) is 72.3 Å². The molecule has 0 aliphatic carbocycles. The Bertz CT molecular complexity index is 2340. The van der Waals surface area contributed by atoms with E-state index < -0.39 is 11.9 Å². The maximum atomic E-state index is 13.2. The fourth-order valence-electron chi connectivity index (χ4n) is 9.67. The lowest BCUT2D eigenvalue weighted by Gasteiger charge is -2.44. The molecule has 1 aliphatic rings. The number of ether oxygens (including phenoxy) is 7. The summed E-state index contributed by atoms with van der Waals surface area (Å²) >= 11 is 0. The van der Waals surface area contributed by atoms with Crippen molar-refractivity contribution in [2.75, 3.05) is 46.0 Å². The number of aliphatic hydroxyl groups is 1. The normalized spacial score (nSPS) is 17.4. The van der Waals surface area contributed by atoms with Crippen LogP contribution in [0.5, 0.6) is 11.5 Å². The first-order valence-electron chi connectivity index (χ1n) is 27.1. The van der Waals surface area contributed by atoms with Gasteiger partial charge in [-0.3, -0.25) is 24.0 Å². The molecule has 4 aromatic rings. The highest BCUT2D eigenvalue weighted by molar-refractivity contribution is 5.90. The van der Waals surface area contributed by atoms with E-state index >= 15 is 0 Å². The minimum atomic E-state index is -1.03. The summed E-state index contributed by atoms with van der Waals surface area (Å²) in [7, 11) is 3.27. The molecule has 5 unspecified atom stereocenters. The van der Waals surface area contributed by atoms with Crippen LogP contribution in [0.4, 0.5) is 5.69 Å². The predicted molar refractivity (Wildman–Crippen MR) is 291 cm³/mol. The number of Topliss-reactive ketones (excluding diaryl/α,β-unsaturated/α-hetero) is 2. The molecule has 3 N–H and O–H groups in total. The molecule has 1 saturated heterocycles. The van der Waals surface area contributed by atoms with Gasteiger partial charge in [-0.15, -0.1) is 0 Å². The zero-order valence-corrected chi connectivity index (χ0v) is 45.6. The van der Waals surface area contributed by atoms with Crippen LogP contribution < -0.4 is 20.1 Å². The molecule has 0 spiro atoms. The minimum absolute atomic E-state index is 0.0160. The van der Waals surface area contributed by atoms with Crippen LogP contribution in [0.15, 0.2) is 97.1 Å². The van der Waals surface area contributed by atoms with Gasteiger partial charge < -0.3 is 48.9 Å². The lowest BCUT2D eigenvalue weighted by Crippen LogP contribution is -2.58. The summed E-state index contributed by atoms with van der Waals surface area (Å²) in [5.74, 6) is 1.20. The highest BCUT2D eigenvalue weighted by Gasteiger charge is 2.43. The third-order valence-corrected chi connectivity index (χ3v) is 14.1. The van der Waals surface area contributed by atoms with Gasteiger partial charge in [0.05, 0.1) is 52.8 Å². The van der Waals surface area contributed by atoms with Crippen LogP contribution >= 0.6 is 0 Å². The lowest BCUT2D eigenvalue weighted by molar-refractivity contribution is -0.246. The quantitative estimate of drug-likeness (QED) is 0.0224. The molecule has 2 amide bonds. The van der Waals surface area contributed by atoms with Gasteiger partial charge in [-0.25, -0.2) is 0 Å². The SMILES string of the molecule is COc1ccc(C(OCc2cc(CO)cc(NC(=O)CCCCCCCCC(=O)CCCCC(=O)CCCOCCOC3OC(COC(C)=O)C(C)C(C)C3NC(C)=O)c2)(c2ccccc2)c2ccc(OC)cc2)cc1. The number of methoxy groups -OCH3 is 2. The van der Waals surface area contributed by atoms with Crippen molar-refractivity contribution in [1.29, 1.82) is 0 Å². The fraction of sp³-hybridized carbons (Fsp3) is 0.525. The van der Waals surface area contributed by atoms with E-state index in [1.807, 2.05) is 105 Å². The van der Waals surface area contributed by atoms with Gasteiger partial charge in [0.25, 0.3) is 0 Å². The summed E-state index contributed by atoms with van der Waals surface area (Å²) in [4.78, 5) is 61.4. The molecule has 0 bridgehead atoms. The molecule has 5 atom stereocenters. The number of rotatable bonds is 35. The number of carbonyl (C=O) groups is 5. The number of hydrogen-bond donors (Lipinski definition) is 3. The van der Waals surface area contributed by atoms with Crippen molar-refractivity contribution in [3.8, 4) is 11.5 Å². The third kappa shape index (κ3) is 19.6. The van der Waals surface area contributed by atoms with Gasteiger partial charge in [0.2, 0.25) is 11.8 Å². The maximum absolute atomic E-state index is 13.2. The molecule has 15 heteroatoms. The number of amides is 2. The number of benzene rings is 4. The topological polar surface area (TPSA) is 194 Å². The van der Waals surface area contributed by atoms with Gasteiger partial charge in [-0.05, 0) is 108 Å². The molecule has 0 saturated carbocycles. The van der Waals surface area contributed by atoms with Crippen LogP contribution in [0.25, 0.3) is 0 Å². The second kappa shape index (κ2) is 32.6. The van der Waals surface area contributed by atoms with Crippen molar-refractivity contribution in [2.24, 2.45) is 11.8 Å². The fourth-order valence-corrected chi connectivity index (χ4v) is 9.67. The van der Waals surface area contributed by atoms with Crippen molar-refractivity contribution in [1.82, 2.24) is 5.32 Å². The molecule has 0 aromatic heterocycles. The van der Waals surface area contributed by atoms with Crippen LogP contribution in [0.1, 0.15) is 145 Å². The van der Waals surface area contributed by atoms with E-state index in [1.54, 1.807) is 20.3 Å². The van der Waals surface area contributed by atoms with Gasteiger partial charge in [0.15, 0.2) is 6.29 Å². The average Bonchev–Trinajstić information content (AvgIpc) is 3.42. The second-order valence-electron chi connectivity index (χ2n) is 19.8. The molecule has 414 valence electrons. The summed E-state index contributed by atoms with van der Waals surface area (Å²) < 4.78 is 41.0. The van der Waals surface area contributed by atoms with Crippen molar-refractivity contribution < 1.29 is 62.2 Å². The van der Waals surface area contributed by atoms with Crippen LogP contribution in [0, 0.1) is 11.8 Å². The molecule has 1 heterocycles. The number of anilines is 1. The van der Waals surface area contributed by atoms with Gasteiger partial charge in [-0.2, -0.15) is 0 Å². The van der Waals surface area contributed by atoms with Crippen molar-refractivity contribution >= 4 is 35.0 Å². The molecule has 5 rings (SSSR count). The number of aliphatic hydroxyl groups excluding tert-OH is 1. The molecule has 0 radical (unpaired) electrons. The van der Waals surface area contributed by atoms with Crippen LogP contribution in [0.3, 0.4) is 0 Å². The predicted octanol–water partition coefficient (Wildman–Crippen LogP) is 10.3. The van der Waals surface area contributed by atoms with Gasteiger partial charge >= 0.3 is 5.97 Å². The Hall–Kier alpha value is -5.97. The molecule has 4 aromatic carbocycles. The van der Waals surface area contributed by atoms with Crippen LogP contribution in [0.2, 0.25) is 0 Å². The molecule has 1 aliphatic heterocycles. The third-order valence-electron chi connectivity index (χ3n) is 14.1. The highest BCUT2D eigenvalue weighted by atomic mass is 16.7. The number of ketones is 2. The summed E-state index contributed by atoms with van der Waals surface area (Å²) in [6.45, 7) is 7.81. The van der Waals surface area contributed by atoms with Gasteiger partial charge in [-0.1, -0.05) is 100 Å². The summed E-state index contributed by atoms with van der Waals surface area (Å²) in [5.41, 5.74) is 3.72. The Balaban J connectivity index is 0.937. The number of unbranched alkanes of at least 4 members (excludes halogenated alkanes) is 6. The second-order valence-corrected chi connectivity index (χ2v) is 19.8. The van der Waals surface area contributed by atoms with Crippen molar-refractivity contribution in [3.63, 3.8) is 0 Å². The number of carbonyl (C=O) groups excluding carboxylic acids is 5. The first kappa shape index (κ1) is 60.9. The van der Waals surface area contributed by atoms with Crippen molar-refractivity contribution in [3.05, 3.63) is 125 Å². The molecule has 76 heavy (non-hydrogen) atoms. The van der Waals surface area contributed by atoms with Gasteiger partial charge in [0, 0.05) is 58.2 Å². The minimum Gasteiger partial charge on any atom is -0.497 e. The zero-order valence-electron chi connectivity index (χ0n) is 45.6. The largest absolute Gasteiger partial charge is 0.497 e. The van der Waals surface area contributed by atoms with Crippen LogP contribution in [-0.2, 0) is 66.5 Å². The zero-order chi connectivity index (χ0) is 54.7. The van der Waals surface area contributed by atoms with Gasteiger partial charge in [0.1, 0.15) is 35.3 Å². The van der Waals surface area contributed by atoms with E-state index in [0.29, 0.717) is 75.8 Å². The van der Waals surface area contributed by atoms with E-state index in [2.05, 4.69) is 10.6 Å². The molecular formula is C61H82N2O13. The van der Waals surface area contributed by atoms with E-state index in [1.165, 1.54) is 13.8 Å². The Morgan fingerprint density at radius 2 is 1.16 bits per heavy atom. The summed E-state index contributed by atoms with van der Waals surface area (Å²) in [6, 6.07) is 30.9. The van der Waals surface area contributed by atoms with Crippen LogP contribution in [-0.4, -0.2) is 93.5 Å². The monoisotopic (exact) mass is 1050 g/mol. The first-order valence-corrected chi connectivity index (χ1v) is 27.1. The smallest absolute Gasteiger partial charge is 0.302 e. The van der Waals surface area contributed by atoms with E-state index in [4.69, 9.17) is 33.2 Å². The number of esters is 1. The first-order chi connectivity index (χ1) is 36.8. The Morgan fingerprint density at radius 3 is 1.72 bits per heavy atom. The molecule has 15 nitrogen and oxygen atoms in total. The number of nitrogens with one attached hydrogen (secondary N) is 2.